The summed E-state index contributed by atoms with van der Waals surface area (Å²) in [5.41, 5.74) is 1.73. The smallest absolute Gasteiger partial charge is 0.336 e. The van der Waals surface area contributed by atoms with Crippen molar-refractivity contribution in [1.82, 2.24) is 0 Å². The maximum absolute atomic E-state index is 11.5. The molecule has 4 heteroatoms. The molecule has 0 unspecified atom stereocenters. The van der Waals surface area contributed by atoms with E-state index in [-0.39, 0.29) is 5.63 Å². The molecule has 0 aliphatic carbocycles. The fourth-order valence-electron chi connectivity index (χ4n) is 1.90. The van der Waals surface area contributed by atoms with Gasteiger partial charge in [-0.3, -0.25) is 0 Å². The standard InChI is InChI=1S/C16H15NO3/c1-3-12-8-16(18)20-15-9-13(4-5-14(12)15)19-7-6-11(2)10-17/h4-6,8-9H,3,7H2,1-2H3/b11-6+. The van der Waals surface area contributed by atoms with Crippen LogP contribution in [0.2, 0.25) is 0 Å². The van der Waals surface area contributed by atoms with Crippen molar-refractivity contribution < 1.29 is 9.15 Å². The minimum absolute atomic E-state index is 0.308. The fourth-order valence-corrected chi connectivity index (χ4v) is 1.90. The van der Waals surface area contributed by atoms with E-state index in [2.05, 4.69) is 0 Å². The molecule has 0 radical (unpaired) electrons. The molecule has 0 aliphatic rings. The lowest BCUT2D eigenvalue weighted by Gasteiger charge is -2.06. The van der Waals surface area contributed by atoms with Crippen LogP contribution in [0.1, 0.15) is 19.4 Å². The number of aryl methyl sites for hydroxylation is 1. The molecule has 20 heavy (non-hydrogen) atoms. The summed E-state index contributed by atoms with van der Waals surface area (Å²) in [4.78, 5) is 11.5. The summed E-state index contributed by atoms with van der Waals surface area (Å²) >= 11 is 0. The molecule has 4 nitrogen and oxygen atoms in total. The molecule has 0 saturated carbocycles. The number of benzene rings is 1. The van der Waals surface area contributed by atoms with Crippen molar-refractivity contribution in [3.63, 3.8) is 0 Å². The van der Waals surface area contributed by atoms with E-state index in [1.54, 1.807) is 19.1 Å². The highest BCUT2D eigenvalue weighted by Gasteiger charge is 2.05. The van der Waals surface area contributed by atoms with E-state index in [0.29, 0.717) is 23.5 Å². The van der Waals surface area contributed by atoms with Crippen LogP contribution in [0.5, 0.6) is 5.75 Å². The average Bonchev–Trinajstić information content (AvgIpc) is 2.45. The molecular formula is C16H15NO3. The molecule has 102 valence electrons. The first-order chi connectivity index (χ1) is 9.63. The second-order valence-corrected chi connectivity index (χ2v) is 4.41. The Labute approximate surface area is 116 Å². The zero-order chi connectivity index (χ0) is 14.5. The second kappa shape index (κ2) is 6.07. The fraction of sp³-hybridized carbons (Fsp3) is 0.250. The second-order valence-electron chi connectivity index (χ2n) is 4.41. The van der Waals surface area contributed by atoms with Gasteiger partial charge in [0.2, 0.25) is 0 Å². The van der Waals surface area contributed by atoms with Crippen molar-refractivity contribution in [2.45, 2.75) is 20.3 Å². The highest BCUT2D eigenvalue weighted by Crippen LogP contribution is 2.23. The highest BCUT2D eigenvalue weighted by atomic mass is 16.5. The van der Waals surface area contributed by atoms with Crippen molar-refractivity contribution in [2.75, 3.05) is 6.61 Å². The van der Waals surface area contributed by atoms with Crippen LogP contribution in [-0.4, -0.2) is 6.61 Å². The molecule has 0 fully saturated rings. The van der Waals surface area contributed by atoms with Gasteiger partial charge >= 0.3 is 5.63 Å². The van der Waals surface area contributed by atoms with E-state index in [0.717, 1.165) is 17.4 Å². The molecule has 0 atom stereocenters. The summed E-state index contributed by atoms with van der Waals surface area (Å²) in [5.74, 6) is 0.607. The Morgan fingerprint density at radius 3 is 2.95 bits per heavy atom. The Bertz CT molecular complexity index is 750. The van der Waals surface area contributed by atoms with Crippen LogP contribution in [0, 0.1) is 11.3 Å². The van der Waals surface area contributed by atoms with Gasteiger partial charge in [-0.05, 0) is 37.1 Å². The van der Waals surface area contributed by atoms with Crippen LogP contribution in [0.25, 0.3) is 11.0 Å². The SMILES string of the molecule is CCc1cc(=O)oc2cc(OC/C=C(\C)C#N)ccc12. The van der Waals surface area contributed by atoms with E-state index in [1.165, 1.54) is 6.07 Å². The number of rotatable bonds is 4. The predicted molar refractivity (Wildman–Crippen MR) is 76.7 cm³/mol. The molecule has 0 N–H and O–H groups in total. The average molecular weight is 269 g/mol. The molecule has 1 aromatic heterocycles. The largest absolute Gasteiger partial charge is 0.489 e. The molecular weight excluding hydrogens is 254 g/mol. The maximum Gasteiger partial charge on any atom is 0.336 e. The van der Waals surface area contributed by atoms with Gasteiger partial charge in [0.15, 0.2) is 0 Å². The van der Waals surface area contributed by atoms with Gasteiger partial charge in [-0.1, -0.05) is 6.92 Å². The van der Waals surface area contributed by atoms with E-state index in [4.69, 9.17) is 14.4 Å². The van der Waals surface area contributed by atoms with Gasteiger partial charge in [0, 0.05) is 23.1 Å². The number of nitriles is 1. The van der Waals surface area contributed by atoms with Crippen LogP contribution in [-0.2, 0) is 6.42 Å². The Morgan fingerprint density at radius 2 is 2.25 bits per heavy atom. The first kappa shape index (κ1) is 13.9. The maximum atomic E-state index is 11.5. The Kier molecular flexibility index (Phi) is 4.21. The normalized spacial score (nSPS) is 11.3. The minimum Gasteiger partial charge on any atom is -0.489 e. The summed E-state index contributed by atoms with van der Waals surface area (Å²) < 4.78 is 10.7. The number of allylic oxidation sites excluding steroid dienone is 1. The quantitative estimate of drug-likeness (QED) is 0.631. The van der Waals surface area contributed by atoms with Gasteiger partial charge in [-0.25, -0.2) is 4.79 Å². The molecule has 0 aliphatic heterocycles. The molecule has 2 rings (SSSR count). The monoisotopic (exact) mass is 269 g/mol. The molecule has 0 amide bonds. The molecule has 0 spiro atoms. The van der Waals surface area contributed by atoms with Crippen molar-refractivity contribution in [2.24, 2.45) is 0 Å². The highest BCUT2D eigenvalue weighted by molar-refractivity contribution is 5.81. The lowest BCUT2D eigenvalue weighted by atomic mass is 10.1. The zero-order valence-corrected chi connectivity index (χ0v) is 11.5. The van der Waals surface area contributed by atoms with Gasteiger partial charge < -0.3 is 9.15 Å². The van der Waals surface area contributed by atoms with Crippen molar-refractivity contribution in [3.05, 3.63) is 51.9 Å². The summed E-state index contributed by atoms with van der Waals surface area (Å²) in [6, 6.07) is 8.95. The number of hydrogen-bond donors (Lipinski definition) is 0. The number of hydrogen-bond acceptors (Lipinski definition) is 4. The Balaban J connectivity index is 2.30. The third kappa shape index (κ3) is 3.07. The topological polar surface area (TPSA) is 63.2 Å². The number of nitrogens with zero attached hydrogens (tertiary/aromatic N) is 1. The van der Waals surface area contributed by atoms with Crippen molar-refractivity contribution in [3.8, 4) is 11.8 Å². The Morgan fingerprint density at radius 1 is 1.45 bits per heavy atom. The molecule has 0 bridgehead atoms. The zero-order valence-electron chi connectivity index (χ0n) is 11.5. The first-order valence-electron chi connectivity index (χ1n) is 6.40. The van der Waals surface area contributed by atoms with Crippen LogP contribution < -0.4 is 10.4 Å². The third-order valence-electron chi connectivity index (χ3n) is 3.00. The number of ether oxygens (including phenoxy) is 1. The van der Waals surface area contributed by atoms with Gasteiger partial charge in [0.25, 0.3) is 0 Å². The van der Waals surface area contributed by atoms with Crippen molar-refractivity contribution >= 4 is 11.0 Å². The van der Waals surface area contributed by atoms with Crippen LogP contribution in [0.4, 0.5) is 0 Å². The number of fused-ring (bicyclic) bond motifs is 1. The lowest BCUT2D eigenvalue weighted by Crippen LogP contribution is -2.00. The summed E-state index contributed by atoms with van der Waals surface area (Å²) in [6.07, 6.45) is 2.47. The van der Waals surface area contributed by atoms with Gasteiger partial charge in [0.05, 0.1) is 6.07 Å². The van der Waals surface area contributed by atoms with Gasteiger partial charge in [-0.2, -0.15) is 5.26 Å². The molecule has 1 heterocycles. The van der Waals surface area contributed by atoms with Gasteiger partial charge in [0.1, 0.15) is 17.9 Å². The third-order valence-corrected chi connectivity index (χ3v) is 3.00. The predicted octanol–water partition coefficient (Wildman–Crippen LogP) is 3.20. The summed E-state index contributed by atoms with van der Waals surface area (Å²) in [6.45, 7) is 4.02. The van der Waals surface area contributed by atoms with Crippen LogP contribution >= 0.6 is 0 Å². The Hall–Kier alpha value is -2.54. The summed E-state index contributed by atoms with van der Waals surface area (Å²) in [7, 11) is 0. The lowest BCUT2D eigenvalue weighted by molar-refractivity contribution is 0.362. The van der Waals surface area contributed by atoms with Crippen LogP contribution in [0.3, 0.4) is 0 Å². The van der Waals surface area contributed by atoms with E-state index >= 15 is 0 Å². The van der Waals surface area contributed by atoms with E-state index < -0.39 is 0 Å². The minimum atomic E-state index is -0.355. The van der Waals surface area contributed by atoms with E-state index in [9.17, 15) is 4.79 Å². The molecule has 2 aromatic rings. The van der Waals surface area contributed by atoms with Crippen molar-refractivity contribution in [1.29, 1.82) is 5.26 Å². The molecule has 1 aromatic carbocycles. The summed E-state index contributed by atoms with van der Waals surface area (Å²) in [5, 5.41) is 9.56. The van der Waals surface area contributed by atoms with E-state index in [1.807, 2.05) is 25.1 Å². The van der Waals surface area contributed by atoms with Gasteiger partial charge in [-0.15, -0.1) is 0 Å². The molecule has 0 saturated heterocycles. The first-order valence-corrected chi connectivity index (χ1v) is 6.40. The van der Waals surface area contributed by atoms with Crippen LogP contribution in [0.15, 0.2) is 45.1 Å².